The topological polar surface area (TPSA) is 0 Å². The smallest absolute Gasteiger partial charge is 0.0408 e. The predicted octanol–water partition coefficient (Wildman–Crippen LogP) is 4.21. The predicted molar refractivity (Wildman–Crippen MR) is 61.8 cm³/mol. The molecule has 0 unspecified atom stereocenters. The SMILES string of the molecule is Clc1cccc(C(CBr)CBr)c1. The van der Waals surface area contributed by atoms with Crippen molar-refractivity contribution in [2.45, 2.75) is 5.92 Å². The van der Waals surface area contributed by atoms with Gasteiger partial charge >= 0.3 is 0 Å². The fourth-order valence-electron chi connectivity index (χ4n) is 0.980. The molecular weight excluding hydrogens is 303 g/mol. The molecule has 0 heterocycles. The van der Waals surface area contributed by atoms with Gasteiger partial charge in [-0.3, -0.25) is 0 Å². The van der Waals surface area contributed by atoms with Crippen molar-refractivity contribution in [1.29, 1.82) is 0 Å². The number of hydrogen-bond donors (Lipinski definition) is 0. The van der Waals surface area contributed by atoms with Gasteiger partial charge in [-0.15, -0.1) is 0 Å². The molecule has 0 radical (unpaired) electrons. The lowest BCUT2D eigenvalue weighted by molar-refractivity contribution is 0.910. The van der Waals surface area contributed by atoms with Crippen molar-refractivity contribution >= 4 is 43.5 Å². The molecule has 66 valence electrons. The largest absolute Gasteiger partial charge is 0.0921 e. The van der Waals surface area contributed by atoms with Gasteiger partial charge in [0.15, 0.2) is 0 Å². The Morgan fingerprint density at radius 2 is 1.92 bits per heavy atom. The molecule has 0 aliphatic carbocycles. The average Bonchev–Trinajstić information content (AvgIpc) is 2.07. The Bertz CT molecular complexity index is 246. The standard InChI is InChI=1S/C9H9Br2Cl/c10-5-8(6-11)7-2-1-3-9(12)4-7/h1-4,8H,5-6H2. The van der Waals surface area contributed by atoms with Crippen molar-refractivity contribution < 1.29 is 0 Å². The van der Waals surface area contributed by atoms with Crippen LogP contribution in [0.2, 0.25) is 5.02 Å². The maximum atomic E-state index is 5.87. The molecule has 0 nitrogen and oxygen atoms in total. The van der Waals surface area contributed by atoms with Gasteiger partial charge in [0, 0.05) is 21.6 Å². The molecule has 0 aliphatic rings. The maximum Gasteiger partial charge on any atom is 0.0408 e. The Morgan fingerprint density at radius 1 is 1.25 bits per heavy atom. The van der Waals surface area contributed by atoms with Crippen LogP contribution >= 0.6 is 43.5 Å². The van der Waals surface area contributed by atoms with Crippen LogP contribution in [-0.2, 0) is 0 Å². The summed E-state index contributed by atoms with van der Waals surface area (Å²) in [5.74, 6) is 0.503. The van der Waals surface area contributed by atoms with E-state index >= 15 is 0 Å². The van der Waals surface area contributed by atoms with Crippen LogP contribution in [0.5, 0.6) is 0 Å². The highest BCUT2D eigenvalue weighted by Gasteiger charge is 2.07. The molecule has 3 heteroatoms. The molecule has 0 saturated heterocycles. The zero-order valence-corrected chi connectivity index (χ0v) is 10.4. The van der Waals surface area contributed by atoms with E-state index in [0.29, 0.717) is 5.92 Å². The van der Waals surface area contributed by atoms with Crippen LogP contribution in [0.4, 0.5) is 0 Å². The van der Waals surface area contributed by atoms with Crippen LogP contribution in [0.25, 0.3) is 0 Å². The summed E-state index contributed by atoms with van der Waals surface area (Å²) in [5, 5.41) is 2.72. The lowest BCUT2D eigenvalue weighted by Crippen LogP contribution is -2.00. The van der Waals surface area contributed by atoms with Crippen LogP contribution in [0.15, 0.2) is 24.3 Å². The number of hydrogen-bond acceptors (Lipinski definition) is 0. The summed E-state index contributed by atoms with van der Waals surface area (Å²) in [4.78, 5) is 0. The van der Waals surface area contributed by atoms with E-state index in [2.05, 4.69) is 37.9 Å². The summed E-state index contributed by atoms with van der Waals surface area (Å²) in [6.07, 6.45) is 0. The summed E-state index contributed by atoms with van der Waals surface area (Å²) in [7, 11) is 0. The summed E-state index contributed by atoms with van der Waals surface area (Å²) in [6.45, 7) is 0. The van der Waals surface area contributed by atoms with Gasteiger partial charge in [-0.05, 0) is 17.7 Å². The van der Waals surface area contributed by atoms with Gasteiger partial charge in [-0.2, -0.15) is 0 Å². The molecule has 0 aromatic heterocycles. The van der Waals surface area contributed by atoms with Crippen molar-refractivity contribution in [3.05, 3.63) is 34.9 Å². The third kappa shape index (κ3) is 2.75. The van der Waals surface area contributed by atoms with E-state index in [4.69, 9.17) is 11.6 Å². The monoisotopic (exact) mass is 310 g/mol. The summed E-state index contributed by atoms with van der Waals surface area (Å²) in [5.41, 5.74) is 1.27. The zero-order valence-electron chi connectivity index (χ0n) is 6.43. The van der Waals surface area contributed by atoms with Crippen molar-refractivity contribution in [2.24, 2.45) is 0 Å². The highest BCUT2D eigenvalue weighted by atomic mass is 79.9. The zero-order chi connectivity index (χ0) is 8.97. The first-order valence-corrected chi connectivity index (χ1v) is 6.27. The molecule has 1 rings (SSSR count). The Labute approximate surface area is 94.6 Å². The first-order valence-electron chi connectivity index (χ1n) is 3.65. The Kier molecular flexibility index (Phi) is 4.62. The Hall–Kier alpha value is 0.470. The molecule has 0 N–H and O–H groups in total. The number of benzene rings is 1. The fourth-order valence-corrected chi connectivity index (χ4v) is 3.00. The lowest BCUT2D eigenvalue weighted by Gasteiger charge is -2.10. The van der Waals surface area contributed by atoms with E-state index in [1.165, 1.54) is 5.56 Å². The maximum absolute atomic E-state index is 5.87. The number of halogens is 3. The molecule has 0 fully saturated rings. The van der Waals surface area contributed by atoms with E-state index in [1.807, 2.05) is 18.2 Å². The van der Waals surface area contributed by atoms with Crippen LogP contribution in [0.3, 0.4) is 0 Å². The van der Waals surface area contributed by atoms with Gasteiger partial charge in [0.2, 0.25) is 0 Å². The van der Waals surface area contributed by atoms with Crippen molar-refractivity contribution in [1.82, 2.24) is 0 Å². The molecule has 0 aliphatic heterocycles. The normalized spacial score (nSPS) is 10.7. The number of rotatable bonds is 3. The molecule has 1 aromatic carbocycles. The highest BCUT2D eigenvalue weighted by Crippen LogP contribution is 2.22. The second-order valence-electron chi connectivity index (χ2n) is 2.56. The van der Waals surface area contributed by atoms with Crippen LogP contribution in [0, 0.1) is 0 Å². The third-order valence-corrected chi connectivity index (χ3v) is 3.49. The van der Waals surface area contributed by atoms with Crippen molar-refractivity contribution in [3.63, 3.8) is 0 Å². The van der Waals surface area contributed by atoms with Crippen molar-refractivity contribution in [3.8, 4) is 0 Å². The first-order chi connectivity index (χ1) is 5.77. The van der Waals surface area contributed by atoms with Gasteiger partial charge in [0.25, 0.3) is 0 Å². The van der Waals surface area contributed by atoms with E-state index in [1.54, 1.807) is 0 Å². The van der Waals surface area contributed by atoms with Crippen LogP contribution in [-0.4, -0.2) is 10.7 Å². The Morgan fingerprint density at radius 3 is 2.42 bits per heavy atom. The molecule has 0 atom stereocenters. The second-order valence-corrected chi connectivity index (χ2v) is 4.29. The molecule has 0 bridgehead atoms. The van der Waals surface area contributed by atoms with Gasteiger partial charge in [-0.25, -0.2) is 0 Å². The third-order valence-electron chi connectivity index (χ3n) is 1.69. The second kappa shape index (κ2) is 5.25. The highest BCUT2D eigenvalue weighted by molar-refractivity contribution is 9.09. The fraction of sp³-hybridized carbons (Fsp3) is 0.333. The molecular formula is C9H9Br2Cl. The van der Waals surface area contributed by atoms with Gasteiger partial charge in [0.05, 0.1) is 0 Å². The minimum atomic E-state index is 0.503. The molecule has 0 saturated carbocycles. The van der Waals surface area contributed by atoms with E-state index in [0.717, 1.165) is 15.7 Å². The minimum Gasteiger partial charge on any atom is -0.0921 e. The molecule has 1 aromatic rings. The first kappa shape index (κ1) is 10.6. The van der Waals surface area contributed by atoms with Crippen LogP contribution in [0.1, 0.15) is 11.5 Å². The number of alkyl halides is 2. The molecule has 12 heavy (non-hydrogen) atoms. The molecule has 0 spiro atoms. The van der Waals surface area contributed by atoms with E-state index < -0.39 is 0 Å². The van der Waals surface area contributed by atoms with Gasteiger partial charge in [-0.1, -0.05) is 55.6 Å². The van der Waals surface area contributed by atoms with Gasteiger partial charge < -0.3 is 0 Å². The minimum absolute atomic E-state index is 0.503. The quantitative estimate of drug-likeness (QED) is 0.733. The lowest BCUT2D eigenvalue weighted by atomic mass is 10.0. The van der Waals surface area contributed by atoms with Crippen molar-refractivity contribution in [2.75, 3.05) is 10.7 Å². The summed E-state index contributed by atoms with van der Waals surface area (Å²) in [6, 6.07) is 7.98. The van der Waals surface area contributed by atoms with E-state index in [9.17, 15) is 0 Å². The summed E-state index contributed by atoms with van der Waals surface area (Å²) >= 11 is 12.8. The molecule has 0 amide bonds. The summed E-state index contributed by atoms with van der Waals surface area (Å²) < 4.78 is 0. The van der Waals surface area contributed by atoms with E-state index in [-0.39, 0.29) is 0 Å². The van der Waals surface area contributed by atoms with Crippen LogP contribution < -0.4 is 0 Å². The van der Waals surface area contributed by atoms with Gasteiger partial charge in [0.1, 0.15) is 0 Å². The average molecular weight is 312 g/mol. The Balaban J connectivity index is 2.85.